The zero-order valence-electron chi connectivity index (χ0n) is 11.3. The van der Waals surface area contributed by atoms with Crippen molar-refractivity contribution in [3.8, 4) is 0 Å². The lowest BCUT2D eigenvalue weighted by atomic mass is 9.80. The van der Waals surface area contributed by atoms with Crippen LogP contribution < -0.4 is 0 Å². The number of ether oxygens (including phenoxy) is 1. The Morgan fingerprint density at radius 1 is 1.39 bits per heavy atom. The minimum absolute atomic E-state index is 0.0768. The van der Waals surface area contributed by atoms with Gasteiger partial charge in [-0.3, -0.25) is 9.59 Å². The number of esters is 1. The zero-order chi connectivity index (χ0) is 13.5. The summed E-state index contributed by atoms with van der Waals surface area (Å²) in [5.74, 6) is -1.35. The molecule has 0 spiro atoms. The SMILES string of the molecule is CCOC(=O)[C@H]1C(=O)[C@@H](C(C)(C)O)[C@@H]2CCC[C@H]12. The van der Waals surface area contributed by atoms with Gasteiger partial charge >= 0.3 is 5.97 Å². The lowest BCUT2D eigenvalue weighted by Gasteiger charge is -2.28. The summed E-state index contributed by atoms with van der Waals surface area (Å²) < 4.78 is 5.02. The molecule has 2 rings (SSSR count). The molecule has 0 heterocycles. The molecule has 2 fully saturated rings. The van der Waals surface area contributed by atoms with Crippen molar-refractivity contribution in [3.05, 3.63) is 0 Å². The van der Waals surface area contributed by atoms with Crippen LogP contribution in [0.5, 0.6) is 0 Å². The van der Waals surface area contributed by atoms with E-state index in [1.807, 2.05) is 0 Å². The zero-order valence-corrected chi connectivity index (χ0v) is 11.3. The molecule has 0 aromatic carbocycles. The number of hydrogen-bond acceptors (Lipinski definition) is 4. The van der Waals surface area contributed by atoms with E-state index in [1.165, 1.54) is 0 Å². The number of ketones is 1. The molecule has 102 valence electrons. The van der Waals surface area contributed by atoms with Crippen molar-refractivity contribution < 1.29 is 19.4 Å². The summed E-state index contributed by atoms with van der Waals surface area (Å²) >= 11 is 0. The summed E-state index contributed by atoms with van der Waals surface area (Å²) in [5, 5.41) is 10.2. The van der Waals surface area contributed by atoms with Crippen molar-refractivity contribution in [2.24, 2.45) is 23.7 Å². The fraction of sp³-hybridized carbons (Fsp3) is 0.857. The first-order valence-electron chi connectivity index (χ1n) is 6.80. The molecule has 18 heavy (non-hydrogen) atoms. The molecule has 2 saturated carbocycles. The van der Waals surface area contributed by atoms with Crippen LogP contribution in [0.25, 0.3) is 0 Å². The van der Waals surface area contributed by atoms with Crippen LogP contribution >= 0.6 is 0 Å². The number of fused-ring (bicyclic) bond motifs is 1. The summed E-state index contributed by atoms with van der Waals surface area (Å²) in [6, 6.07) is 0. The van der Waals surface area contributed by atoms with Crippen molar-refractivity contribution >= 4 is 11.8 Å². The molecule has 1 N–H and O–H groups in total. The maximum absolute atomic E-state index is 12.4. The van der Waals surface area contributed by atoms with Gasteiger partial charge in [-0.2, -0.15) is 0 Å². The van der Waals surface area contributed by atoms with E-state index in [0.717, 1.165) is 19.3 Å². The van der Waals surface area contributed by atoms with Crippen LogP contribution in [-0.4, -0.2) is 29.1 Å². The molecule has 0 bridgehead atoms. The van der Waals surface area contributed by atoms with Crippen LogP contribution in [0.15, 0.2) is 0 Å². The third-order valence-electron chi connectivity index (χ3n) is 4.40. The second kappa shape index (κ2) is 4.65. The standard InChI is InChI=1S/C14H22O4/c1-4-18-13(16)10-8-6-5-7-9(8)11(12(10)15)14(2,3)17/h8-11,17H,4-7H2,1-3H3/t8-,9+,10+,11-/m0/s1. The molecule has 4 atom stereocenters. The molecule has 0 aliphatic heterocycles. The number of carbonyl (C=O) groups is 2. The van der Waals surface area contributed by atoms with Crippen molar-refractivity contribution in [1.29, 1.82) is 0 Å². The molecule has 0 radical (unpaired) electrons. The third kappa shape index (κ3) is 2.07. The Morgan fingerprint density at radius 2 is 2.00 bits per heavy atom. The molecule has 4 heteroatoms. The van der Waals surface area contributed by atoms with Crippen LogP contribution in [0.4, 0.5) is 0 Å². The van der Waals surface area contributed by atoms with E-state index in [0.29, 0.717) is 6.61 Å². The highest BCUT2D eigenvalue weighted by atomic mass is 16.5. The van der Waals surface area contributed by atoms with E-state index in [2.05, 4.69) is 0 Å². The van der Waals surface area contributed by atoms with Crippen LogP contribution in [-0.2, 0) is 14.3 Å². The molecular formula is C14H22O4. The molecule has 0 unspecified atom stereocenters. The van der Waals surface area contributed by atoms with Gasteiger partial charge in [0.2, 0.25) is 0 Å². The van der Waals surface area contributed by atoms with Crippen molar-refractivity contribution in [1.82, 2.24) is 0 Å². The Kier molecular flexibility index (Phi) is 3.49. The summed E-state index contributed by atoms with van der Waals surface area (Å²) in [5.41, 5.74) is -1.05. The molecule has 0 amide bonds. The maximum Gasteiger partial charge on any atom is 0.316 e. The van der Waals surface area contributed by atoms with Crippen molar-refractivity contribution in [3.63, 3.8) is 0 Å². The monoisotopic (exact) mass is 254 g/mol. The van der Waals surface area contributed by atoms with Crippen LogP contribution in [0.3, 0.4) is 0 Å². The van der Waals surface area contributed by atoms with Gasteiger partial charge in [-0.1, -0.05) is 6.42 Å². The van der Waals surface area contributed by atoms with Gasteiger partial charge in [-0.15, -0.1) is 0 Å². The summed E-state index contributed by atoms with van der Waals surface area (Å²) in [6.07, 6.45) is 2.86. The molecule has 4 nitrogen and oxygen atoms in total. The Hall–Kier alpha value is -0.900. The summed E-state index contributed by atoms with van der Waals surface area (Å²) in [7, 11) is 0. The van der Waals surface area contributed by atoms with Crippen molar-refractivity contribution in [2.75, 3.05) is 6.61 Å². The Labute approximate surface area is 108 Å². The average Bonchev–Trinajstić information content (AvgIpc) is 2.74. The van der Waals surface area contributed by atoms with Crippen LogP contribution in [0, 0.1) is 23.7 Å². The lowest BCUT2D eigenvalue weighted by Crippen LogP contribution is -2.39. The van der Waals surface area contributed by atoms with Gasteiger partial charge in [0.25, 0.3) is 0 Å². The number of rotatable bonds is 3. The summed E-state index contributed by atoms with van der Waals surface area (Å²) in [6.45, 7) is 5.38. The van der Waals surface area contributed by atoms with E-state index in [1.54, 1.807) is 20.8 Å². The van der Waals surface area contributed by atoms with E-state index in [-0.39, 0.29) is 17.6 Å². The van der Waals surface area contributed by atoms with Crippen LogP contribution in [0.1, 0.15) is 40.0 Å². The van der Waals surface area contributed by atoms with Gasteiger partial charge in [0.15, 0.2) is 5.78 Å². The van der Waals surface area contributed by atoms with E-state index in [4.69, 9.17) is 4.74 Å². The minimum Gasteiger partial charge on any atom is -0.465 e. The molecule has 2 aliphatic carbocycles. The summed E-state index contributed by atoms with van der Waals surface area (Å²) in [4.78, 5) is 24.4. The van der Waals surface area contributed by atoms with Gasteiger partial charge in [-0.25, -0.2) is 0 Å². The predicted molar refractivity (Wildman–Crippen MR) is 65.7 cm³/mol. The number of hydrogen-bond donors (Lipinski definition) is 1. The molecule has 0 aromatic heterocycles. The molecule has 0 saturated heterocycles. The second-order valence-corrected chi connectivity index (χ2v) is 6.02. The second-order valence-electron chi connectivity index (χ2n) is 6.02. The highest BCUT2D eigenvalue weighted by molar-refractivity contribution is 6.03. The van der Waals surface area contributed by atoms with Gasteiger partial charge in [0.1, 0.15) is 5.92 Å². The topological polar surface area (TPSA) is 63.6 Å². The highest BCUT2D eigenvalue weighted by Crippen LogP contribution is 2.52. The first-order chi connectivity index (χ1) is 8.38. The number of carbonyl (C=O) groups excluding carboxylic acids is 2. The highest BCUT2D eigenvalue weighted by Gasteiger charge is 2.58. The van der Waals surface area contributed by atoms with E-state index in [9.17, 15) is 14.7 Å². The van der Waals surface area contributed by atoms with Gasteiger partial charge in [-0.05, 0) is 45.4 Å². The van der Waals surface area contributed by atoms with Gasteiger partial charge in [0, 0.05) is 5.92 Å². The predicted octanol–water partition coefficient (Wildman–Crippen LogP) is 1.55. The average molecular weight is 254 g/mol. The largest absolute Gasteiger partial charge is 0.465 e. The molecule has 2 aliphatic rings. The first kappa shape index (κ1) is 13.5. The fourth-order valence-corrected chi connectivity index (χ4v) is 3.86. The van der Waals surface area contributed by atoms with Gasteiger partial charge < -0.3 is 9.84 Å². The first-order valence-corrected chi connectivity index (χ1v) is 6.80. The van der Waals surface area contributed by atoms with E-state index < -0.39 is 23.4 Å². The Morgan fingerprint density at radius 3 is 2.56 bits per heavy atom. The Bertz CT molecular complexity index is 355. The Balaban J connectivity index is 2.28. The number of Topliss-reactive ketones (excluding diaryl/α,β-unsaturated/α-hetero) is 1. The fourth-order valence-electron chi connectivity index (χ4n) is 3.86. The number of aliphatic hydroxyl groups is 1. The maximum atomic E-state index is 12.4. The quantitative estimate of drug-likeness (QED) is 0.613. The third-order valence-corrected chi connectivity index (χ3v) is 4.40. The molecule has 0 aromatic rings. The van der Waals surface area contributed by atoms with Gasteiger partial charge in [0.05, 0.1) is 12.2 Å². The van der Waals surface area contributed by atoms with Crippen LogP contribution in [0.2, 0.25) is 0 Å². The van der Waals surface area contributed by atoms with Crippen molar-refractivity contribution in [2.45, 2.75) is 45.6 Å². The van der Waals surface area contributed by atoms with E-state index >= 15 is 0 Å². The smallest absolute Gasteiger partial charge is 0.316 e. The normalized spacial score (nSPS) is 35.7. The molecular weight excluding hydrogens is 232 g/mol. The lowest BCUT2D eigenvalue weighted by molar-refractivity contribution is -0.153. The minimum atomic E-state index is -1.05.